The van der Waals surface area contributed by atoms with E-state index in [-0.39, 0.29) is 24.0 Å². The van der Waals surface area contributed by atoms with E-state index in [4.69, 9.17) is 10.3 Å². The summed E-state index contributed by atoms with van der Waals surface area (Å²) in [6, 6.07) is 0.328. The number of halogens is 1. The average molecular weight is 395 g/mol. The van der Waals surface area contributed by atoms with Crippen LogP contribution in [0.15, 0.2) is 9.52 Å². The van der Waals surface area contributed by atoms with Crippen molar-refractivity contribution in [1.29, 1.82) is 0 Å². The first-order valence-corrected chi connectivity index (χ1v) is 6.83. The predicted octanol–water partition coefficient (Wildman–Crippen LogP) is 2.62. The highest BCUT2D eigenvalue weighted by Crippen LogP contribution is 2.08. The highest BCUT2D eigenvalue weighted by Gasteiger charge is 2.05. The molecule has 0 radical (unpaired) electrons. The Kier molecular flexibility index (Phi) is 9.52. The van der Waals surface area contributed by atoms with Crippen LogP contribution in [0.2, 0.25) is 0 Å². The lowest BCUT2D eigenvalue weighted by atomic mass is 10.0. The third-order valence-corrected chi connectivity index (χ3v) is 2.77. The molecule has 1 unspecified atom stereocenters. The van der Waals surface area contributed by atoms with E-state index in [9.17, 15) is 0 Å². The van der Waals surface area contributed by atoms with E-state index in [0.29, 0.717) is 30.3 Å². The maximum absolute atomic E-state index is 5.81. The Hall–Kier alpha value is -0.860. The van der Waals surface area contributed by atoms with E-state index in [1.807, 2.05) is 0 Å². The Bertz CT molecular complexity index is 405. The van der Waals surface area contributed by atoms with Gasteiger partial charge in [0.15, 0.2) is 11.8 Å². The molecule has 0 bridgehead atoms. The Labute approximate surface area is 138 Å². The van der Waals surface area contributed by atoms with Gasteiger partial charge in [0.1, 0.15) is 6.54 Å². The minimum atomic E-state index is 0. The van der Waals surface area contributed by atoms with Crippen molar-refractivity contribution in [2.75, 3.05) is 0 Å². The molecule has 0 fully saturated rings. The lowest BCUT2D eigenvalue weighted by molar-refractivity contribution is 0.387. The molecule has 0 aromatic carbocycles. The average Bonchev–Trinajstić information content (AvgIpc) is 2.72. The van der Waals surface area contributed by atoms with Crippen molar-refractivity contribution in [2.45, 2.75) is 59.5 Å². The topological polar surface area (TPSA) is 89.3 Å². The highest BCUT2D eigenvalue weighted by molar-refractivity contribution is 14.0. The van der Waals surface area contributed by atoms with Crippen LogP contribution in [0.3, 0.4) is 0 Å². The highest BCUT2D eigenvalue weighted by atomic mass is 127. The van der Waals surface area contributed by atoms with E-state index in [2.05, 4.69) is 41.2 Å². The zero-order valence-electron chi connectivity index (χ0n) is 12.7. The first-order chi connectivity index (χ1) is 8.97. The van der Waals surface area contributed by atoms with Crippen LogP contribution >= 0.6 is 24.0 Å². The van der Waals surface area contributed by atoms with Gasteiger partial charge < -0.3 is 15.6 Å². The van der Waals surface area contributed by atoms with Crippen molar-refractivity contribution >= 4 is 29.9 Å². The molecular weight excluding hydrogens is 369 g/mol. The summed E-state index contributed by atoms with van der Waals surface area (Å²) in [6.07, 6.45) is 3.53. The molecule has 6 nitrogen and oxygen atoms in total. The number of guanidine groups is 1. The van der Waals surface area contributed by atoms with Crippen LogP contribution in [0, 0.1) is 12.8 Å². The number of hydrogen-bond donors (Lipinski definition) is 2. The van der Waals surface area contributed by atoms with Gasteiger partial charge in [-0.05, 0) is 19.3 Å². The molecule has 0 amide bonds. The smallest absolute Gasteiger partial charge is 0.223 e. The molecule has 1 rings (SSSR count). The molecule has 0 aliphatic rings. The standard InChI is InChI=1S/C13H25N5O.HI/c1-9(2)6-5-7-10(3)16-13(14)15-8-12-17-11(4)19-18-12;/h9-10H,5-8H2,1-4H3,(H3,14,15,16);1H. The molecular formula is C13H26IN5O. The van der Waals surface area contributed by atoms with Crippen molar-refractivity contribution in [1.82, 2.24) is 15.5 Å². The van der Waals surface area contributed by atoms with Gasteiger partial charge in [0.05, 0.1) is 0 Å². The first kappa shape index (κ1) is 19.1. The van der Waals surface area contributed by atoms with Crippen LogP contribution < -0.4 is 11.1 Å². The number of rotatable bonds is 7. The van der Waals surface area contributed by atoms with Crippen molar-refractivity contribution in [3.8, 4) is 0 Å². The van der Waals surface area contributed by atoms with Gasteiger partial charge in [0, 0.05) is 13.0 Å². The Morgan fingerprint density at radius 3 is 2.60 bits per heavy atom. The summed E-state index contributed by atoms with van der Waals surface area (Å²) in [5.41, 5.74) is 5.81. The normalized spacial score (nSPS) is 13.2. The van der Waals surface area contributed by atoms with Crippen LogP contribution in [0.25, 0.3) is 0 Å². The van der Waals surface area contributed by atoms with Crippen molar-refractivity contribution < 1.29 is 4.52 Å². The first-order valence-electron chi connectivity index (χ1n) is 6.83. The number of nitrogens with one attached hydrogen (secondary N) is 1. The Balaban J connectivity index is 0.00000361. The molecule has 1 aromatic heterocycles. The Morgan fingerprint density at radius 2 is 2.05 bits per heavy atom. The van der Waals surface area contributed by atoms with E-state index < -0.39 is 0 Å². The van der Waals surface area contributed by atoms with Gasteiger partial charge in [-0.15, -0.1) is 24.0 Å². The number of hydrogen-bond acceptors (Lipinski definition) is 4. The predicted molar refractivity (Wildman–Crippen MR) is 91.1 cm³/mol. The maximum Gasteiger partial charge on any atom is 0.223 e. The van der Waals surface area contributed by atoms with Gasteiger partial charge in [0.25, 0.3) is 0 Å². The van der Waals surface area contributed by atoms with Gasteiger partial charge >= 0.3 is 0 Å². The summed E-state index contributed by atoms with van der Waals surface area (Å²) in [5, 5.41) is 6.93. The van der Waals surface area contributed by atoms with Crippen LogP contribution in [0.1, 0.15) is 51.7 Å². The summed E-state index contributed by atoms with van der Waals surface area (Å²) < 4.78 is 4.86. The van der Waals surface area contributed by atoms with Crippen LogP contribution in [0.4, 0.5) is 0 Å². The summed E-state index contributed by atoms with van der Waals surface area (Å²) >= 11 is 0. The second-order valence-corrected chi connectivity index (χ2v) is 5.30. The minimum Gasteiger partial charge on any atom is -0.370 e. The number of nitrogens with two attached hydrogens (primary N) is 1. The molecule has 20 heavy (non-hydrogen) atoms. The fraction of sp³-hybridized carbons (Fsp3) is 0.769. The van der Waals surface area contributed by atoms with E-state index in [0.717, 1.165) is 12.3 Å². The summed E-state index contributed by atoms with van der Waals surface area (Å²) in [4.78, 5) is 8.25. The van der Waals surface area contributed by atoms with Crippen LogP contribution in [-0.2, 0) is 6.54 Å². The molecule has 1 atom stereocenters. The van der Waals surface area contributed by atoms with E-state index >= 15 is 0 Å². The number of aliphatic imine (C=N–C) groups is 1. The van der Waals surface area contributed by atoms with E-state index in [1.54, 1.807) is 6.92 Å². The zero-order valence-corrected chi connectivity index (χ0v) is 15.0. The Morgan fingerprint density at radius 1 is 1.35 bits per heavy atom. The summed E-state index contributed by atoms with van der Waals surface area (Å²) in [5.74, 6) is 2.27. The third kappa shape index (κ3) is 8.34. The third-order valence-electron chi connectivity index (χ3n) is 2.77. The molecule has 1 aromatic rings. The fourth-order valence-corrected chi connectivity index (χ4v) is 1.76. The molecule has 0 saturated heterocycles. The zero-order chi connectivity index (χ0) is 14.3. The molecule has 0 aliphatic carbocycles. The van der Waals surface area contributed by atoms with Crippen molar-refractivity contribution in [3.05, 3.63) is 11.7 Å². The van der Waals surface area contributed by atoms with Crippen molar-refractivity contribution in [3.63, 3.8) is 0 Å². The van der Waals surface area contributed by atoms with Gasteiger partial charge in [-0.2, -0.15) is 4.98 Å². The maximum atomic E-state index is 5.81. The van der Waals surface area contributed by atoms with Gasteiger partial charge in [-0.3, -0.25) is 0 Å². The number of nitrogens with zero attached hydrogens (tertiary/aromatic N) is 3. The van der Waals surface area contributed by atoms with Gasteiger partial charge in [0.2, 0.25) is 5.89 Å². The quantitative estimate of drug-likeness (QED) is 0.421. The van der Waals surface area contributed by atoms with Crippen LogP contribution in [0.5, 0.6) is 0 Å². The molecule has 7 heteroatoms. The van der Waals surface area contributed by atoms with Crippen LogP contribution in [-0.4, -0.2) is 22.1 Å². The second-order valence-electron chi connectivity index (χ2n) is 5.30. The minimum absolute atomic E-state index is 0. The number of aromatic nitrogens is 2. The molecule has 116 valence electrons. The fourth-order valence-electron chi connectivity index (χ4n) is 1.76. The molecule has 0 saturated carbocycles. The molecule has 3 N–H and O–H groups in total. The lowest BCUT2D eigenvalue weighted by Crippen LogP contribution is -2.38. The second kappa shape index (κ2) is 9.95. The SMILES string of the molecule is Cc1nc(CN=C(N)NC(C)CCCC(C)C)no1.I. The van der Waals surface area contributed by atoms with Gasteiger partial charge in [-0.25, -0.2) is 4.99 Å². The summed E-state index contributed by atoms with van der Waals surface area (Å²) in [7, 11) is 0. The van der Waals surface area contributed by atoms with E-state index in [1.165, 1.54) is 12.8 Å². The number of aryl methyl sites for hydroxylation is 1. The largest absolute Gasteiger partial charge is 0.370 e. The lowest BCUT2D eigenvalue weighted by Gasteiger charge is -2.14. The molecule has 0 aliphatic heterocycles. The molecule has 1 heterocycles. The van der Waals surface area contributed by atoms with Gasteiger partial charge in [-0.1, -0.05) is 31.8 Å². The summed E-state index contributed by atoms with van der Waals surface area (Å²) in [6.45, 7) is 8.68. The molecule has 0 spiro atoms. The monoisotopic (exact) mass is 395 g/mol. The van der Waals surface area contributed by atoms with Crippen molar-refractivity contribution in [2.24, 2.45) is 16.6 Å².